The average Bonchev–Trinajstić information content (AvgIpc) is 2.50. The third-order valence-corrected chi connectivity index (χ3v) is 3.02. The van der Waals surface area contributed by atoms with Gasteiger partial charge >= 0.3 is 0 Å². The van der Waals surface area contributed by atoms with Gasteiger partial charge in [0.2, 0.25) is 0 Å². The minimum Gasteiger partial charge on any atom is -0.392 e. The van der Waals surface area contributed by atoms with Crippen molar-refractivity contribution >= 4 is 5.91 Å². The molecule has 22 heavy (non-hydrogen) atoms. The van der Waals surface area contributed by atoms with E-state index in [2.05, 4.69) is 5.32 Å². The van der Waals surface area contributed by atoms with Gasteiger partial charge in [-0.2, -0.15) is 0 Å². The summed E-state index contributed by atoms with van der Waals surface area (Å²) in [6, 6.07) is 7.74. The normalized spacial score (nSPS) is 12.0. The molecule has 0 heterocycles. The first kappa shape index (κ1) is 16.0. The average molecular weight is 309 g/mol. The molecule has 0 aliphatic rings. The lowest BCUT2D eigenvalue weighted by Gasteiger charge is -2.08. The first-order valence-electron chi connectivity index (χ1n) is 6.59. The van der Waals surface area contributed by atoms with Crippen molar-refractivity contribution in [3.8, 4) is 11.1 Å². The molecule has 116 valence electrons. The predicted octanol–water partition coefficient (Wildman–Crippen LogP) is 2.88. The highest BCUT2D eigenvalue weighted by molar-refractivity contribution is 5.94. The van der Waals surface area contributed by atoms with Gasteiger partial charge in [0.25, 0.3) is 5.91 Å². The fourth-order valence-corrected chi connectivity index (χ4v) is 1.88. The van der Waals surface area contributed by atoms with Crippen LogP contribution in [0.4, 0.5) is 13.2 Å². The van der Waals surface area contributed by atoms with Gasteiger partial charge in [0.15, 0.2) is 17.5 Å². The summed E-state index contributed by atoms with van der Waals surface area (Å²) in [4.78, 5) is 11.8. The fraction of sp³-hybridized carbons (Fsp3) is 0.188. The number of nitrogens with one attached hydrogen (secondary N) is 1. The third-order valence-electron chi connectivity index (χ3n) is 3.02. The molecule has 2 aromatic rings. The standard InChI is InChI=1S/C16H14F3NO2/c1-9(21)8-20-16(22)11-4-2-10(3-5-11)12-6-13(17)15(19)14(18)7-12/h2-7,9,21H,8H2,1H3,(H,20,22). The molecule has 0 fully saturated rings. The third kappa shape index (κ3) is 3.65. The van der Waals surface area contributed by atoms with Gasteiger partial charge in [-0.3, -0.25) is 4.79 Å². The number of amides is 1. The molecule has 0 saturated carbocycles. The Hall–Kier alpha value is -2.34. The Balaban J connectivity index is 2.20. The van der Waals surface area contributed by atoms with Crippen LogP contribution in [0.3, 0.4) is 0 Å². The lowest BCUT2D eigenvalue weighted by Crippen LogP contribution is -2.30. The van der Waals surface area contributed by atoms with E-state index in [-0.39, 0.29) is 18.0 Å². The number of halogens is 3. The van der Waals surface area contributed by atoms with Gasteiger partial charge in [0, 0.05) is 12.1 Å². The summed E-state index contributed by atoms with van der Waals surface area (Å²) < 4.78 is 39.3. The Kier molecular flexibility index (Phi) is 4.82. The van der Waals surface area contributed by atoms with Crippen LogP contribution < -0.4 is 5.32 Å². The van der Waals surface area contributed by atoms with E-state index < -0.39 is 23.6 Å². The largest absolute Gasteiger partial charge is 0.392 e. The summed E-state index contributed by atoms with van der Waals surface area (Å²) in [5, 5.41) is 11.6. The molecule has 1 amide bonds. The molecule has 3 nitrogen and oxygen atoms in total. The van der Waals surface area contributed by atoms with Gasteiger partial charge in [-0.1, -0.05) is 12.1 Å². The number of hydrogen-bond acceptors (Lipinski definition) is 2. The monoisotopic (exact) mass is 309 g/mol. The smallest absolute Gasteiger partial charge is 0.251 e. The van der Waals surface area contributed by atoms with E-state index in [1.54, 1.807) is 6.92 Å². The summed E-state index contributed by atoms with van der Waals surface area (Å²) in [6.07, 6.45) is -0.659. The number of rotatable bonds is 4. The van der Waals surface area contributed by atoms with E-state index in [1.807, 2.05) is 0 Å². The molecule has 2 aromatic carbocycles. The van der Waals surface area contributed by atoms with Crippen molar-refractivity contribution in [2.45, 2.75) is 13.0 Å². The van der Waals surface area contributed by atoms with Crippen molar-refractivity contribution in [3.05, 3.63) is 59.4 Å². The van der Waals surface area contributed by atoms with E-state index in [9.17, 15) is 18.0 Å². The Bertz CT molecular complexity index is 661. The first-order valence-corrected chi connectivity index (χ1v) is 6.59. The van der Waals surface area contributed by atoms with Crippen LogP contribution in [0.2, 0.25) is 0 Å². The Morgan fingerprint density at radius 1 is 1.09 bits per heavy atom. The van der Waals surface area contributed by atoms with Crippen molar-refractivity contribution in [1.82, 2.24) is 5.32 Å². The summed E-state index contributed by atoms with van der Waals surface area (Å²) >= 11 is 0. The van der Waals surface area contributed by atoms with Crippen LogP contribution in [0.25, 0.3) is 11.1 Å². The van der Waals surface area contributed by atoms with Gasteiger partial charge in [-0.25, -0.2) is 13.2 Å². The molecule has 6 heteroatoms. The molecule has 0 radical (unpaired) electrons. The molecule has 1 unspecified atom stereocenters. The summed E-state index contributed by atoms with van der Waals surface area (Å²) in [6.45, 7) is 1.66. The SMILES string of the molecule is CC(O)CNC(=O)c1ccc(-c2cc(F)c(F)c(F)c2)cc1. The van der Waals surface area contributed by atoms with E-state index in [1.165, 1.54) is 24.3 Å². The maximum atomic E-state index is 13.2. The number of carbonyl (C=O) groups is 1. The fourth-order valence-electron chi connectivity index (χ4n) is 1.88. The molecule has 0 aliphatic heterocycles. The Morgan fingerprint density at radius 2 is 1.64 bits per heavy atom. The number of aliphatic hydroxyl groups excluding tert-OH is 1. The molecule has 1 atom stereocenters. The van der Waals surface area contributed by atoms with Crippen LogP contribution in [0.5, 0.6) is 0 Å². The van der Waals surface area contributed by atoms with Gasteiger partial charge in [-0.05, 0) is 42.3 Å². The Morgan fingerprint density at radius 3 is 2.14 bits per heavy atom. The lowest BCUT2D eigenvalue weighted by molar-refractivity contribution is 0.0924. The molecule has 0 bridgehead atoms. The van der Waals surface area contributed by atoms with Crippen molar-refractivity contribution in [3.63, 3.8) is 0 Å². The maximum absolute atomic E-state index is 13.2. The van der Waals surface area contributed by atoms with Crippen LogP contribution >= 0.6 is 0 Å². The van der Waals surface area contributed by atoms with E-state index >= 15 is 0 Å². The van der Waals surface area contributed by atoms with Gasteiger partial charge in [-0.15, -0.1) is 0 Å². The second-order valence-corrected chi connectivity index (χ2v) is 4.89. The highest BCUT2D eigenvalue weighted by Gasteiger charge is 2.12. The number of hydrogen-bond donors (Lipinski definition) is 2. The molecule has 0 aliphatic carbocycles. The van der Waals surface area contributed by atoms with Crippen LogP contribution in [-0.4, -0.2) is 23.7 Å². The number of benzene rings is 2. The van der Waals surface area contributed by atoms with E-state index in [0.717, 1.165) is 12.1 Å². The first-order chi connectivity index (χ1) is 10.4. The predicted molar refractivity (Wildman–Crippen MR) is 75.8 cm³/mol. The van der Waals surface area contributed by atoms with E-state index in [0.29, 0.717) is 11.1 Å². The second kappa shape index (κ2) is 6.62. The molecule has 0 spiro atoms. The number of carbonyl (C=O) groups excluding carboxylic acids is 1. The number of aliphatic hydroxyl groups is 1. The summed E-state index contributed by atoms with van der Waals surface area (Å²) in [7, 11) is 0. The minimum atomic E-state index is -1.52. The van der Waals surface area contributed by atoms with Crippen LogP contribution in [-0.2, 0) is 0 Å². The molecular formula is C16H14F3NO2. The highest BCUT2D eigenvalue weighted by Crippen LogP contribution is 2.24. The quantitative estimate of drug-likeness (QED) is 0.853. The molecule has 2 N–H and O–H groups in total. The summed E-state index contributed by atoms with van der Waals surface area (Å²) in [5.74, 6) is -4.43. The van der Waals surface area contributed by atoms with Crippen molar-refractivity contribution in [2.24, 2.45) is 0 Å². The lowest BCUT2D eigenvalue weighted by atomic mass is 10.0. The van der Waals surface area contributed by atoms with E-state index in [4.69, 9.17) is 5.11 Å². The minimum absolute atomic E-state index is 0.120. The van der Waals surface area contributed by atoms with Gasteiger partial charge < -0.3 is 10.4 Å². The zero-order chi connectivity index (χ0) is 16.3. The van der Waals surface area contributed by atoms with Crippen LogP contribution in [0.1, 0.15) is 17.3 Å². The molecule has 0 saturated heterocycles. The van der Waals surface area contributed by atoms with Crippen molar-refractivity contribution < 1.29 is 23.1 Å². The molecule has 0 aromatic heterocycles. The molecule has 2 rings (SSSR count). The van der Waals surface area contributed by atoms with Crippen molar-refractivity contribution in [2.75, 3.05) is 6.54 Å². The zero-order valence-electron chi connectivity index (χ0n) is 11.7. The summed E-state index contributed by atoms with van der Waals surface area (Å²) in [5.41, 5.74) is 0.963. The van der Waals surface area contributed by atoms with Crippen molar-refractivity contribution in [1.29, 1.82) is 0 Å². The topological polar surface area (TPSA) is 49.3 Å². The molecular weight excluding hydrogens is 295 g/mol. The van der Waals surface area contributed by atoms with Gasteiger partial charge in [0.05, 0.1) is 6.10 Å². The van der Waals surface area contributed by atoms with Gasteiger partial charge in [0.1, 0.15) is 0 Å². The van der Waals surface area contributed by atoms with Crippen LogP contribution in [0.15, 0.2) is 36.4 Å². The van der Waals surface area contributed by atoms with Crippen LogP contribution in [0, 0.1) is 17.5 Å². The Labute approximate surface area is 125 Å². The highest BCUT2D eigenvalue weighted by atomic mass is 19.2. The zero-order valence-corrected chi connectivity index (χ0v) is 11.7. The second-order valence-electron chi connectivity index (χ2n) is 4.89. The maximum Gasteiger partial charge on any atom is 0.251 e.